The average Bonchev–Trinajstić information content (AvgIpc) is 2.97. The van der Waals surface area contributed by atoms with Gasteiger partial charge in [-0.2, -0.15) is 8.42 Å². The molecule has 0 bridgehead atoms. The molecular weight excluding hydrogens is 582 g/mol. The summed E-state index contributed by atoms with van der Waals surface area (Å²) in [5, 5.41) is 0. The molecule has 3 aromatic carbocycles. The summed E-state index contributed by atoms with van der Waals surface area (Å²) in [7, 11) is 4.49. The predicted octanol–water partition coefficient (Wildman–Crippen LogP) is 7.29. The summed E-state index contributed by atoms with van der Waals surface area (Å²) in [6.45, 7) is 2.11. The van der Waals surface area contributed by atoms with Crippen LogP contribution in [0.25, 0.3) is 33.6 Å². The summed E-state index contributed by atoms with van der Waals surface area (Å²) in [5.74, 6) is 0. The van der Waals surface area contributed by atoms with Crippen molar-refractivity contribution in [3.8, 4) is 33.6 Å². The van der Waals surface area contributed by atoms with Gasteiger partial charge in [-0.05, 0) is 41.9 Å². The standard InChI is InChI=1S/C18H15N.C11H8N.ClH.O2S.Pd/c1-14-9-11-15(12-10-14)16-6-2-3-7-17(16)18-8-4-5-13-19-18;1-2-6-10(7-3-1)11-8-4-5-9-12-11;;1-3-2;/h2-13H,1H3;1-6,8-9H;1H;;/q;-1;;;+2/p-1. The summed E-state index contributed by atoms with van der Waals surface area (Å²) in [4.78, 5) is 8.67. The second-order valence-electron chi connectivity index (χ2n) is 7.19. The van der Waals surface area contributed by atoms with Crippen molar-refractivity contribution in [2.24, 2.45) is 0 Å². The van der Waals surface area contributed by atoms with Gasteiger partial charge in [-0.1, -0.05) is 72.3 Å². The van der Waals surface area contributed by atoms with Gasteiger partial charge in [0.15, 0.2) is 0 Å². The first-order valence-corrected chi connectivity index (χ1v) is 13.4. The van der Waals surface area contributed by atoms with Gasteiger partial charge in [-0.3, -0.25) is 4.98 Å². The van der Waals surface area contributed by atoms with E-state index in [4.69, 9.17) is 8.42 Å². The quantitative estimate of drug-likeness (QED) is 0.160. The molecule has 0 aliphatic rings. The fourth-order valence-corrected chi connectivity index (χ4v) is 3.29. The van der Waals surface area contributed by atoms with Gasteiger partial charge in [-0.15, -0.1) is 35.9 Å². The van der Waals surface area contributed by atoms with Gasteiger partial charge in [0.05, 0.1) is 5.69 Å². The molecule has 0 radical (unpaired) electrons. The fourth-order valence-electron chi connectivity index (χ4n) is 3.29. The molecule has 2 aromatic heterocycles. The van der Waals surface area contributed by atoms with Crippen molar-refractivity contribution in [1.29, 1.82) is 0 Å². The zero-order valence-electron chi connectivity index (χ0n) is 19.4. The minimum Gasteiger partial charge on any atom is -0.305 e. The Morgan fingerprint density at radius 1 is 0.667 bits per heavy atom. The Balaban J connectivity index is 0.000000230. The van der Waals surface area contributed by atoms with Crippen LogP contribution in [0.15, 0.2) is 122 Å². The predicted molar refractivity (Wildman–Crippen MR) is 143 cm³/mol. The molecule has 0 saturated carbocycles. The van der Waals surface area contributed by atoms with Crippen LogP contribution in [-0.2, 0) is 29.8 Å². The van der Waals surface area contributed by atoms with Crippen LogP contribution in [0.1, 0.15) is 5.56 Å². The number of hydrogen-bond donors (Lipinski definition) is 0. The van der Waals surface area contributed by atoms with Crippen molar-refractivity contribution in [2.75, 3.05) is 0 Å². The van der Waals surface area contributed by atoms with Crippen molar-refractivity contribution >= 4 is 21.1 Å². The van der Waals surface area contributed by atoms with E-state index in [-0.39, 0.29) is 0 Å². The van der Waals surface area contributed by atoms with Crippen LogP contribution >= 0.6 is 9.53 Å². The van der Waals surface area contributed by atoms with E-state index in [1.54, 1.807) is 6.20 Å². The van der Waals surface area contributed by atoms with Crippen LogP contribution in [0.4, 0.5) is 0 Å². The molecule has 0 N–H and O–H groups in total. The van der Waals surface area contributed by atoms with Crippen molar-refractivity contribution in [2.45, 2.75) is 6.92 Å². The van der Waals surface area contributed by atoms with Gasteiger partial charge >= 0.3 is 39.3 Å². The van der Waals surface area contributed by atoms with E-state index in [0.717, 1.165) is 17.0 Å². The van der Waals surface area contributed by atoms with Gasteiger partial charge in [0.2, 0.25) is 0 Å². The van der Waals surface area contributed by atoms with Crippen molar-refractivity contribution in [3.63, 3.8) is 0 Å². The smallest absolute Gasteiger partial charge is 0.0160 e. The van der Waals surface area contributed by atoms with E-state index >= 15 is 0 Å². The van der Waals surface area contributed by atoms with E-state index < -0.39 is 11.6 Å². The SMILES string of the molecule is Cc1ccc(-c2ccccc2-c2ccccn2)cc1.O=S=O.[Cl][Pd+].[c-]1ccccc1-c1ccccn1. The molecule has 36 heavy (non-hydrogen) atoms. The van der Waals surface area contributed by atoms with Gasteiger partial charge in [0.25, 0.3) is 0 Å². The largest absolute Gasteiger partial charge is 0.305 e. The van der Waals surface area contributed by atoms with Gasteiger partial charge in [-0.25, -0.2) is 0 Å². The number of aromatic nitrogens is 2. The van der Waals surface area contributed by atoms with E-state index in [1.165, 1.54) is 22.3 Å². The zero-order valence-corrected chi connectivity index (χ0v) is 22.5. The molecule has 0 amide bonds. The maximum atomic E-state index is 8.29. The van der Waals surface area contributed by atoms with Crippen LogP contribution in [0.2, 0.25) is 0 Å². The first-order valence-electron chi connectivity index (χ1n) is 10.7. The van der Waals surface area contributed by atoms with E-state index in [1.807, 2.05) is 66.9 Å². The number of hydrogen-bond acceptors (Lipinski definition) is 4. The Hall–Kier alpha value is -3.27. The van der Waals surface area contributed by atoms with E-state index in [0.29, 0.717) is 0 Å². The first kappa shape index (κ1) is 29.0. The molecule has 0 saturated heterocycles. The molecule has 5 aromatic rings. The van der Waals surface area contributed by atoms with Crippen molar-refractivity contribution in [3.05, 3.63) is 133 Å². The van der Waals surface area contributed by atoms with Gasteiger partial charge < -0.3 is 4.98 Å². The summed E-state index contributed by atoms with van der Waals surface area (Å²) in [6, 6.07) is 39.8. The van der Waals surface area contributed by atoms with Crippen molar-refractivity contribution < 1.29 is 26.6 Å². The molecular formula is C29H23ClN2O2PdS. The average molecular weight is 605 g/mol. The summed E-state index contributed by atoms with van der Waals surface area (Å²) in [6.07, 6.45) is 3.62. The van der Waals surface area contributed by atoms with Gasteiger partial charge in [0.1, 0.15) is 0 Å². The van der Waals surface area contributed by atoms with Crippen LogP contribution < -0.4 is 0 Å². The number of rotatable bonds is 3. The number of nitrogens with zero attached hydrogens (tertiary/aromatic N) is 2. The summed E-state index contributed by atoms with van der Waals surface area (Å²) >= 11 is 1.47. The van der Waals surface area contributed by atoms with Crippen LogP contribution in [0.5, 0.6) is 0 Å². The van der Waals surface area contributed by atoms with Crippen LogP contribution in [0.3, 0.4) is 0 Å². The molecule has 0 aliphatic heterocycles. The molecule has 7 heteroatoms. The Bertz CT molecular complexity index is 1280. The van der Waals surface area contributed by atoms with Gasteiger partial charge in [0, 0.05) is 18.0 Å². The second kappa shape index (κ2) is 17.2. The first-order chi connectivity index (χ1) is 17.7. The molecule has 0 spiro atoms. The molecule has 0 aliphatic carbocycles. The number of halogens is 1. The molecule has 5 rings (SSSR count). The molecule has 0 fully saturated rings. The Kier molecular flexibility index (Phi) is 13.8. The van der Waals surface area contributed by atoms with Crippen LogP contribution in [-0.4, -0.2) is 18.4 Å². The fraction of sp³-hybridized carbons (Fsp3) is 0.0345. The second-order valence-corrected chi connectivity index (χ2v) is 7.32. The topological polar surface area (TPSA) is 59.9 Å². The van der Waals surface area contributed by atoms with Crippen LogP contribution in [0, 0.1) is 13.0 Å². The summed E-state index contributed by atoms with van der Waals surface area (Å²) in [5.41, 5.74) is 7.92. The minimum absolute atomic E-state index is 0.750. The van der Waals surface area contributed by atoms with Crippen molar-refractivity contribution in [1.82, 2.24) is 9.97 Å². The Labute approximate surface area is 230 Å². The number of benzene rings is 3. The molecule has 0 atom stereocenters. The Morgan fingerprint density at radius 3 is 1.72 bits per heavy atom. The van der Waals surface area contributed by atoms with E-state index in [9.17, 15) is 0 Å². The summed E-state index contributed by atoms with van der Waals surface area (Å²) < 4.78 is 16.6. The Morgan fingerprint density at radius 2 is 1.19 bits per heavy atom. The third-order valence-corrected chi connectivity index (χ3v) is 4.88. The minimum atomic E-state index is -0.750. The maximum Gasteiger partial charge on any atom is 0.0160 e. The molecule has 0 unspecified atom stereocenters. The normalized spacial score (nSPS) is 9.22. The maximum absolute atomic E-state index is 8.29. The van der Waals surface area contributed by atoms with E-state index in [2.05, 4.69) is 99.2 Å². The third-order valence-electron chi connectivity index (χ3n) is 4.88. The zero-order chi connectivity index (χ0) is 26.0. The molecule has 2 heterocycles. The number of pyridine rings is 2. The molecule has 184 valence electrons. The monoisotopic (exact) mass is 604 g/mol. The molecule has 4 nitrogen and oxygen atoms in total. The third kappa shape index (κ3) is 9.41. The number of aryl methyl sites for hydroxylation is 1.